The highest BCUT2D eigenvalue weighted by atomic mass is 19.4. The summed E-state index contributed by atoms with van der Waals surface area (Å²) in [5.41, 5.74) is -1.27. The molecule has 0 atom stereocenters. The highest BCUT2D eigenvalue weighted by molar-refractivity contribution is 6.11. The number of hydrogen-bond acceptors (Lipinski definition) is 4. The van der Waals surface area contributed by atoms with Crippen molar-refractivity contribution in [3.05, 3.63) is 78.0 Å². The SMILES string of the molecule is N#C/C(=C/Nc1ccccc1C(F)(F)F)C(=O)Nc1cccc2c(O)cccc12. The Morgan fingerprint density at radius 2 is 1.62 bits per heavy atom. The first-order chi connectivity index (χ1) is 13.8. The normalized spacial score (nSPS) is 11.7. The highest BCUT2D eigenvalue weighted by Gasteiger charge is 2.33. The number of nitrogens with zero attached hydrogens (tertiary/aromatic N) is 1. The van der Waals surface area contributed by atoms with Crippen LogP contribution in [0.1, 0.15) is 5.56 Å². The number of carbonyl (C=O) groups is 1. The molecule has 0 fully saturated rings. The van der Waals surface area contributed by atoms with Crippen LogP contribution in [0.4, 0.5) is 24.5 Å². The topological polar surface area (TPSA) is 85.2 Å². The van der Waals surface area contributed by atoms with Crippen LogP contribution >= 0.6 is 0 Å². The number of fused-ring (bicyclic) bond motifs is 1. The Morgan fingerprint density at radius 3 is 2.34 bits per heavy atom. The molecule has 0 bridgehead atoms. The molecule has 3 aromatic rings. The number of aromatic hydroxyl groups is 1. The second-order valence-electron chi connectivity index (χ2n) is 5.99. The molecule has 0 spiro atoms. The number of hydrogen-bond donors (Lipinski definition) is 3. The lowest BCUT2D eigenvalue weighted by atomic mass is 10.1. The second-order valence-corrected chi connectivity index (χ2v) is 5.99. The molecule has 5 nitrogen and oxygen atoms in total. The fourth-order valence-corrected chi connectivity index (χ4v) is 2.75. The van der Waals surface area contributed by atoms with E-state index in [1.54, 1.807) is 36.4 Å². The van der Waals surface area contributed by atoms with Gasteiger partial charge in [-0.3, -0.25) is 4.79 Å². The lowest BCUT2D eigenvalue weighted by molar-refractivity contribution is -0.136. The zero-order chi connectivity index (χ0) is 21.0. The molecule has 0 heterocycles. The van der Waals surface area contributed by atoms with Crippen molar-refractivity contribution in [3.8, 4) is 11.8 Å². The van der Waals surface area contributed by atoms with E-state index in [1.165, 1.54) is 24.3 Å². The molecule has 0 saturated heterocycles. The van der Waals surface area contributed by atoms with Crippen LogP contribution in [0, 0.1) is 11.3 Å². The minimum atomic E-state index is -4.59. The summed E-state index contributed by atoms with van der Waals surface area (Å²) in [6, 6.07) is 16.0. The number of benzene rings is 3. The molecule has 0 aliphatic rings. The van der Waals surface area contributed by atoms with E-state index in [9.17, 15) is 28.3 Å². The molecule has 0 saturated carbocycles. The predicted octanol–water partition coefficient (Wildman–Crippen LogP) is 5.02. The van der Waals surface area contributed by atoms with Gasteiger partial charge in [0.2, 0.25) is 0 Å². The molecular formula is C21H14F3N3O2. The molecule has 3 rings (SSSR count). The van der Waals surface area contributed by atoms with Crippen LogP contribution < -0.4 is 10.6 Å². The van der Waals surface area contributed by atoms with Gasteiger partial charge in [0.05, 0.1) is 11.3 Å². The number of carbonyl (C=O) groups excluding carboxylic acids is 1. The Kier molecular flexibility index (Phi) is 5.41. The number of nitriles is 1. The zero-order valence-electron chi connectivity index (χ0n) is 14.8. The molecule has 8 heteroatoms. The summed E-state index contributed by atoms with van der Waals surface area (Å²) in [6.45, 7) is 0. The second kappa shape index (κ2) is 7.94. The fraction of sp³-hybridized carbons (Fsp3) is 0.0476. The average molecular weight is 397 g/mol. The Morgan fingerprint density at radius 1 is 0.966 bits per heavy atom. The number of para-hydroxylation sites is 1. The van der Waals surface area contributed by atoms with Crippen molar-refractivity contribution in [2.45, 2.75) is 6.18 Å². The monoisotopic (exact) mass is 397 g/mol. The third kappa shape index (κ3) is 4.30. The molecule has 0 aliphatic heterocycles. The fourth-order valence-electron chi connectivity index (χ4n) is 2.75. The minimum Gasteiger partial charge on any atom is -0.507 e. The van der Waals surface area contributed by atoms with Gasteiger partial charge in [-0.1, -0.05) is 36.4 Å². The quantitative estimate of drug-likeness (QED) is 0.426. The molecule has 0 aliphatic carbocycles. The molecular weight excluding hydrogens is 383 g/mol. The minimum absolute atomic E-state index is 0.0278. The van der Waals surface area contributed by atoms with Crippen LogP contribution in [0.15, 0.2) is 72.4 Å². The van der Waals surface area contributed by atoms with Gasteiger partial charge in [-0.15, -0.1) is 0 Å². The van der Waals surface area contributed by atoms with Gasteiger partial charge in [-0.05, 0) is 24.3 Å². The maximum absolute atomic E-state index is 13.1. The maximum atomic E-state index is 13.1. The van der Waals surface area contributed by atoms with E-state index in [-0.39, 0.29) is 11.4 Å². The first-order valence-corrected chi connectivity index (χ1v) is 8.36. The highest BCUT2D eigenvalue weighted by Crippen LogP contribution is 2.34. The van der Waals surface area contributed by atoms with Crippen molar-refractivity contribution in [3.63, 3.8) is 0 Å². The van der Waals surface area contributed by atoms with Crippen LogP contribution in [0.2, 0.25) is 0 Å². The lowest BCUT2D eigenvalue weighted by Gasteiger charge is -2.12. The molecule has 1 amide bonds. The van der Waals surface area contributed by atoms with E-state index in [0.717, 1.165) is 12.3 Å². The summed E-state index contributed by atoms with van der Waals surface area (Å²) < 4.78 is 39.2. The van der Waals surface area contributed by atoms with Crippen LogP contribution in [0.5, 0.6) is 5.75 Å². The molecule has 0 unspecified atom stereocenters. The number of nitrogens with one attached hydrogen (secondary N) is 2. The lowest BCUT2D eigenvalue weighted by Crippen LogP contribution is -2.15. The smallest absolute Gasteiger partial charge is 0.418 e. The number of alkyl halides is 3. The van der Waals surface area contributed by atoms with Crippen LogP contribution in [-0.4, -0.2) is 11.0 Å². The number of halogens is 3. The van der Waals surface area contributed by atoms with Gasteiger partial charge in [0, 0.05) is 22.7 Å². The molecule has 0 aromatic heterocycles. The summed E-state index contributed by atoms with van der Waals surface area (Å²) in [5, 5.41) is 25.1. The Hall–Kier alpha value is -3.99. The van der Waals surface area contributed by atoms with Crippen molar-refractivity contribution in [1.29, 1.82) is 5.26 Å². The zero-order valence-corrected chi connectivity index (χ0v) is 14.8. The molecule has 3 aromatic carbocycles. The largest absolute Gasteiger partial charge is 0.507 e. The third-order valence-corrected chi connectivity index (χ3v) is 4.12. The van der Waals surface area contributed by atoms with Gasteiger partial charge < -0.3 is 15.7 Å². The van der Waals surface area contributed by atoms with E-state index in [1.807, 2.05) is 0 Å². The van der Waals surface area contributed by atoms with Gasteiger partial charge in [-0.25, -0.2) is 0 Å². The predicted molar refractivity (Wildman–Crippen MR) is 103 cm³/mol. The standard InChI is InChI=1S/C21H14F3N3O2/c22-21(23,24)16-7-1-2-8-18(16)26-12-13(11-25)20(29)27-17-9-3-6-15-14(17)5-4-10-19(15)28/h1-10,12,26,28H,(H,27,29)/b13-12-. The Labute approximate surface area is 163 Å². The van der Waals surface area contributed by atoms with E-state index in [0.29, 0.717) is 16.5 Å². The van der Waals surface area contributed by atoms with Crippen molar-refractivity contribution >= 4 is 28.1 Å². The van der Waals surface area contributed by atoms with Crippen molar-refractivity contribution in [1.82, 2.24) is 0 Å². The van der Waals surface area contributed by atoms with E-state index < -0.39 is 23.2 Å². The van der Waals surface area contributed by atoms with E-state index >= 15 is 0 Å². The number of rotatable bonds is 4. The number of anilines is 2. The average Bonchev–Trinajstić information content (AvgIpc) is 2.69. The summed E-state index contributed by atoms with van der Waals surface area (Å²) in [7, 11) is 0. The first kappa shape index (κ1) is 19.8. The third-order valence-electron chi connectivity index (χ3n) is 4.12. The summed E-state index contributed by atoms with van der Waals surface area (Å²) in [4.78, 5) is 12.4. The molecule has 0 radical (unpaired) electrons. The van der Waals surface area contributed by atoms with Gasteiger partial charge in [0.15, 0.2) is 0 Å². The molecule has 29 heavy (non-hydrogen) atoms. The number of phenolic OH excluding ortho intramolecular Hbond substituents is 1. The van der Waals surface area contributed by atoms with E-state index in [2.05, 4.69) is 10.6 Å². The van der Waals surface area contributed by atoms with Crippen LogP contribution in [-0.2, 0) is 11.0 Å². The Bertz CT molecular complexity index is 1150. The van der Waals surface area contributed by atoms with Crippen LogP contribution in [0.3, 0.4) is 0 Å². The van der Waals surface area contributed by atoms with E-state index in [4.69, 9.17) is 0 Å². The number of amides is 1. The number of phenols is 1. The summed E-state index contributed by atoms with van der Waals surface area (Å²) >= 11 is 0. The van der Waals surface area contributed by atoms with Gasteiger partial charge in [-0.2, -0.15) is 18.4 Å². The van der Waals surface area contributed by atoms with Gasteiger partial charge in [0.1, 0.15) is 17.4 Å². The molecule has 146 valence electrons. The summed E-state index contributed by atoms with van der Waals surface area (Å²) in [6.07, 6.45) is -3.67. The summed E-state index contributed by atoms with van der Waals surface area (Å²) in [5.74, 6) is -0.777. The first-order valence-electron chi connectivity index (χ1n) is 8.36. The van der Waals surface area contributed by atoms with Gasteiger partial charge in [0.25, 0.3) is 5.91 Å². The van der Waals surface area contributed by atoms with Crippen molar-refractivity contribution in [2.24, 2.45) is 0 Å². The van der Waals surface area contributed by atoms with Gasteiger partial charge >= 0.3 is 6.18 Å². The van der Waals surface area contributed by atoms with Crippen molar-refractivity contribution < 1.29 is 23.1 Å². The molecule has 3 N–H and O–H groups in total. The van der Waals surface area contributed by atoms with Crippen LogP contribution in [0.25, 0.3) is 10.8 Å². The maximum Gasteiger partial charge on any atom is 0.418 e. The van der Waals surface area contributed by atoms with Crippen molar-refractivity contribution in [2.75, 3.05) is 10.6 Å². The Balaban J connectivity index is 1.86.